The molecule has 0 saturated heterocycles. The highest BCUT2D eigenvalue weighted by atomic mass is 16.6. The summed E-state index contributed by atoms with van der Waals surface area (Å²) < 4.78 is 4.77. The molecule has 6 nitrogen and oxygen atoms in total. The van der Waals surface area contributed by atoms with Gasteiger partial charge in [0, 0.05) is 5.56 Å². The van der Waals surface area contributed by atoms with Crippen LogP contribution in [0.15, 0.2) is 12.1 Å². The predicted octanol–water partition coefficient (Wildman–Crippen LogP) is 1.29. The molecule has 6 heteroatoms. The van der Waals surface area contributed by atoms with Crippen LogP contribution >= 0.6 is 0 Å². The van der Waals surface area contributed by atoms with Gasteiger partial charge in [-0.05, 0) is 6.07 Å². The number of hydrogen-bond donors (Lipinski definition) is 0. The molecule has 1 rings (SSSR count). The highest BCUT2D eigenvalue weighted by Gasteiger charge is 2.19. The Morgan fingerprint density at radius 2 is 2.27 bits per heavy atom. The third kappa shape index (κ3) is 1.91. The molecule has 0 amide bonds. The van der Waals surface area contributed by atoms with Gasteiger partial charge in [-0.25, -0.2) is 0 Å². The molecule has 15 heavy (non-hydrogen) atoms. The van der Waals surface area contributed by atoms with Gasteiger partial charge in [0.1, 0.15) is 17.4 Å². The predicted molar refractivity (Wildman–Crippen MR) is 49.8 cm³/mol. The van der Waals surface area contributed by atoms with E-state index >= 15 is 0 Å². The molecule has 0 atom stereocenters. The van der Waals surface area contributed by atoms with Crippen LogP contribution in [0.5, 0.6) is 5.75 Å². The van der Waals surface area contributed by atoms with E-state index < -0.39 is 10.6 Å². The van der Waals surface area contributed by atoms with Gasteiger partial charge in [-0.3, -0.25) is 14.9 Å². The standard InChI is InChI=1S/C9H6N2O4/c1-15-7-2-6(5-12)8(4-10)9(3-7)11(13)14/h2-3,5H,1H3. The molecule has 76 valence electrons. The zero-order valence-corrected chi connectivity index (χ0v) is 7.76. The van der Waals surface area contributed by atoms with Crippen molar-refractivity contribution in [1.29, 1.82) is 5.26 Å². The summed E-state index contributed by atoms with van der Waals surface area (Å²) in [7, 11) is 1.32. The molecular formula is C9H6N2O4. The Bertz CT molecular complexity index is 462. The van der Waals surface area contributed by atoms with Gasteiger partial charge < -0.3 is 4.74 Å². The SMILES string of the molecule is COc1cc(C=O)c(C#N)c([N+](=O)[O-])c1. The number of carbonyl (C=O) groups is 1. The quantitative estimate of drug-likeness (QED) is 0.422. The summed E-state index contributed by atoms with van der Waals surface area (Å²) in [5.41, 5.74) is -0.738. The van der Waals surface area contributed by atoms with Crippen molar-refractivity contribution in [2.24, 2.45) is 0 Å². The van der Waals surface area contributed by atoms with Crippen LogP contribution in [0.1, 0.15) is 15.9 Å². The number of nitro groups is 1. The number of nitro benzene ring substituents is 1. The minimum atomic E-state index is -0.728. The van der Waals surface area contributed by atoms with Crippen LogP contribution in [0.4, 0.5) is 5.69 Å². The highest BCUT2D eigenvalue weighted by molar-refractivity contribution is 5.83. The van der Waals surface area contributed by atoms with Crippen molar-refractivity contribution in [3.05, 3.63) is 33.4 Å². The van der Waals surface area contributed by atoms with Crippen molar-refractivity contribution < 1.29 is 14.5 Å². The summed E-state index contributed by atoms with van der Waals surface area (Å²) in [4.78, 5) is 20.5. The molecule has 0 N–H and O–H groups in total. The second-order valence-corrected chi connectivity index (χ2v) is 2.60. The summed E-state index contributed by atoms with van der Waals surface area (Å²) >= 11 is 0. The van der Waals surface area contributed by atoms with E-state index in [4.69, 9.17) is 10.00 Å². The molecule has 0 aromatic heterocycles. The number of benzene rings is 1. The van der Waals surface area contributed by atoms with E-state index in [1.165, 1.54) is 13.2 Å². The summed E-state index contributed by atoms with van der Waals surface area (Å²) in [6, 6.07) is 4.00. The minimum absolute atomic E-state index is 0.0523. The molecule has 0 heterocycles. The van der Waals surface area contributed by atoms with Crippen molar-refractivity contribution in [3.8, 4) is 11.8 Å². The number of ether oxygens (including phenoxy) is 1. The summed E-state index contributed by atoms with van der Waals surface area (Å²) in [5, 5.41) is 19.3. The van der Waals surface area contributed by atoms with E-state index in [9.17, 15) is 14.9 Å². The van der Waals surface area contributed by atoms with Gasteiger partial charge in [-0.2, -0.15) is 5.26 Å². The van der Waals surface area contributed by atoms with Crippen LogP contribution < -0.4 is 4.74 Å². The Hall–Kier alpha value is -2.42. The van der Waals surface area contributed by atoms with Crippen LogP contribution in [-0.2, 0) is 0 Å². The Balaban J connectivity index is 3.54. The molecule has 1 aromatic carbocycles. The van der Waals surface area contributed by atoms with Crippen LogP contribution in [0, 0.1) is 21.4 Å². The first-order chi connectivity index (χ1) is 7.13. The fraction of sp³-hybridized carbons (Fsp3) is 0.111. The maximum atomic E-state index is 10.6. The third-order valence-electron chi connectivity index (χ3n) is 1.79. The minimum Gasteiger partial charge on any atom is -0.496 e. The van der Waals surface area contributed by atoms with Gasteiger partial charge >= 0.3 is 0 Å². The number of hydrogen-bond acceptors (Lipinski definition) is 5. The molecule has 0 bridgehead atoms. The fourth-order valence-electron chi connectivity index (χ4n) is 1.10. The third-order valence-corrected chi connectivity index (χ3v) is 1.79. The first-order valence-electron chi connectivity index (χ1n) is 3.85. The summed E-state index contributed by atoms with van der Waals surface area (Å²) in [6.45, 7) is 0. The molecule has 0 radical (unpaired) electrons. The molecule has 0 aliphatic carbocycles. The van der Waals surface area contributed by atoms with E-state index in [0.29, 0.717) is 6.29 Å². The number of methoxy groups -OCH3 is 1. The second kappa shape index (κ2) is 4.19. The van der Waals surface area contributed by atoms with Gasteiger partial charge in [-0.15, -0.1) is 0 Å². The average molecular weight is 206 g/mol. The van der Waals surface area contributed by atoms with Gasteiger partial charge in [0.2, 0.25) is 0 Å². The lowest BCUT2D eigenvalue weighted by molar-refractivity contribution is -0.385. The molecule has 1 aromatic rings. The maximum absolute atomic E-state index is 10.6. The zero-order chi connectivity index (χ0) is 11.4. The van der Waals surface area contributed by atoms with Crippen molar-refractivity contribution in [3.63, 3.8) is 0 Å². The molecule has 0 unspecified atom stereocenters. The largest absolute Gasteiger partial charge is 0.496 e. The number of rotatable bonds is 3. The van der Waals surface area contributed by atoms with Crippen LogP contribution in [-0.4, -0.2) is 18.3 Å². The Morgan fingerprint density at radius 3 is 2.67 bits per heavy atom. The molecular weight excluding hydrogens is 200 g/mol. The zero-order valence-electron chi connectivity index (χ0n) is 7.76. The number of aldehydes is 1. The van der Waals surface area contributed by atoms with Gasteiger partial charge in [0.25, 0.3) is 5.69 Å². The normalized spacial score (nSPS) is 9.07. The van der Waals surface area contributed by atoms with Crippen LogP contribution in [0.2, 0.25) is 0 Å². The lowest BCUT2D eigenvalue weighted by atomic mass is 10.1. The lowest BCUT2D eigenvalue weighted by Crippen LogP contribution is -1.98. The van der Waals surface area contributed by atoms with Crippen molar-refractivity contribution in [2.45, 2.75) is 0 Å². The number of carbonyl (C=O) groups excluding carboxylic acids is 1. The lowest BCUT2D eigenvalue weighted by Gasteiger charge is -2.02. The highest BCUT2D eigenvalue weighted by Crippen LogP contribution is 2.26. The van der Waals surface area contributed by atoms with Crippen molar-refractivity contribution >= 4 is 12.0 Å². The summed E-state index contributed by atoms with van der Waals surface area (Å²) in [6.07, 6.45) is 0.383. The number of nitrogens with zero attached hydrogens (tertiary/aromatic N) is 2. The Kier molecular flexibility index (Phi) is 2.98. The first-order valence-corrected chi connectivity index (χ1v) is 3.85. The fourth-order valence-corrected chi connectivity index (χ4v) is 1.10. The maximum Gasteiger partial charge on any atom is 0.291 e. The van der Waals surface area contributed by atoms with Gasteiger partial charge in [0.05, 0.1) is 18.1 Å². The van der Waals surface area contributed by atoms with Gasteiger partial charge in [0.15, 0.2) is 6.29 Å². The van der Waals surface area contributed by atoms with E-state index in [0.717, 1.165) is 6.07 Å². The monoisotopic (exact) mass is 206 g/mol. The van der Waals surface area contributed by atoms with E-state index in [1.807, 2.05) is 0 Å². The molecule has 0 aliphatic heterocycles. The Morgan fingerprint density at radius 1 is 1.60 bits per heavy atom. The van der Waals surface area contributed by atoms with Crippen LogP contribution in [0.25, 0.3) is 0 Å². The first kappa shape index (κ1) is 10.7. The molecule has 0 fully saturated rings. The topological polar surface area (TPSA) is 93.2 Å². The average Bonchev–Trinajstić information content (AvgIpc) is 2.26. The van der Waals surface area contributed by atoms with E-state index in [1.54, 1.807) is 6.07 Å². The van der Waals surface area contributed by atoms with Crippen LogP contribution in [0.3, 0.4) is 0 Å². The van der Waals surface area contributed by atoms with Gasteiger partial charge in [-0.1, -0.05) is 0 Å². The second-order valence-electron chi connectivity index (χ2n) is 2.60. The number of nitriles is 1. The molecule has 0 spiro atoms. The van der Waals surface area contributed by atoms with Crippen molar-refractivity contribution in [2.75, 3.05) is 7.11 Å². The molecule has 0 saturated carbocycles. The van der Waals surface area contributed by atoms with Crippen molar-refractivity contribution in [1.82, 2.24) is 0 Å². The smallest absolute Gasteiger partial charge is 0.291 e. The summed E-state index contributed by atoms with van der Waals surface area (Å²) in [5.74, 6) is 0.169. The molecule has 0 aliphatic rings. The Labute approximate surface area is 84.8 Å². The van der Waals surface area contributed by atoms with E-state index in [2.05, 4.69) is 0 Å². The van der Waals surface area contributed by atoms with E-state index in [-0.39, 0.29) is 16.9 Å².